The second kappa shape index (κ2) is 6.89. The van der Waals surface area contributed by atoms with Crippen LogP contribution < -0.4 is 4.90 Å². The number of nitro groups is 1. The molecule has 1 aliphatic heterocycles. The van der Waals surface area contributed by atoms with Crippen LogP contribution in [-0.2, 0) is 11.3 Å². The molecule has 2 rings (SSSR count). The molecule has 21 heavy (non-hydrogen) atoms. The molecule has 0 spiro atoms. The van der Waals surface area contributed by atoms with Gasteiger partial charge >= 0.3 is 0 Å². The quantitative estimate of drug-likeness (QED) is 0.593. The highest BCUT2D eigenvalue weighted by Crippen LogP contribution is 2.32. The average Bonchev–Trinajstić information content (AvgIpc) is 2.86. The number of hydrogen-bond acceptors (Lipinski definition) is 4. The molecule has 5 nitrogen and oxygen atoms in total. The van der Waals surface area contributed by atoms with E-state index in [1.54, 1.807) is 19.2 Å². The number of methoxy groups -OCH3 is 1. The number of non-ortho nitro benzene ring substituents is 1. The van der Waals surface area contributed by atoms with Crippen LogP contribution in [0.25, 0.3) is 0 Å². The molecule has 1 atom stereocenters. The number of nitrogens with zero attached hydrogens (tertiary/aromatic N) is 2. The van der Waals surface area contributed by atoms with Gasteiger partial charge in [0, 0.05) is 43.6 Å². The molecular weight excluding hydrogens is 268 g/mol. The van der Waals surface area contributed by atoms with Crippen molar-refractivity contribution in [3.8, 4) is 0 Å². The van der Waals surface area contributed by atoms with Gasteiger partial charge in [-0.25, -0.2) is 0 Å². The van der Waals surface area contributed by atoms with Crippen LogP contribution in [-0.4, -0.2) is 25.1 Å². The maximum absolute atomic E-state index is 10.9. The van der Waals surface area contributed by atoms with Crippen molar-refractivity contribution < 1.29 is 9.66 Å². The zero-order chi connectivity index (χ0) is 15.4. The summed E-state index contributed by atoms with van der Waals surface area (Å²) < 4.78 is 5.20. The summed E-state index contributed by atoms with van der Waals surface area (Å²) in [6.07, 6.45) is 2.44. The molecule has 116 valence electrons. The van der Waals surface area contributed by atoms with E-state index >= 15 is 0 Å². The van der Waals surface area contributed by atoms with Gasteiger partial charge in [-0.2, -0.15) is 0 Å². The highest BCUT2D eigenvalue weighted by molar-refractivity contribution is 5.58. The summed E-state index contributed by atoms with van der Waals surface area (Å²) in [5.74, 6) is 1.43. The monoisotopic (exact) mass is 292 g/mol. The van der Waals surface area contributed by atoms with E-state index in [1.807, 2.05) is 6.07 Å². The molecule has 0 N–H and O–H groups in total. The molecule has 1 unspecified atom stereocenters. The molecule has 1 fully saturated rings. The fourth-order valence-electron chi connectivity index (χ4n) is 3.18. The molecule has 0 radical (unpaired) electrons. The third kappa shape index (κ3) is 3.94. The first-order valence-corrected chi connectivity index (χ1v) is 7.52. The van der Waals surface area contributed by atoms with E-state index < -0.39 is 0 Å². The van der Waals surface area contributed by atoms with Crippen molar-refractivity contribution in [1.29, 1.82) is 0 Å². The van der Waals surface area contributed by atoms with Crippen LogP contribution in [0.15, 0.2) is 18.2 Å². The summed E-state index contributed by atoms with van der Waals surface area (Å²) in [5, 5.41) is 10.9. The fourth-order valence-corrected chi connectivity index (χ4v) is 3.18. The first-order chi connectivity index (χ1) is 10.0. The standard InChI is InChI=1S/C16H24N2O3/c1-12(2)8-13-6-7-17(10-13)16-5-4-15(18(19)20)9-14(16)11-21-3/h4-5,9,12-13H,6-8,10-11H2,1-3H3. The van der Waals surface area contributed by atoms with Crippen molar-refractivity contribution >= 4 is 11.4 Å². The van der Waals surface area contributed by atoms with Gasteiger partial charge in [0.15, 0.2) is 0 Å². The summed E-state index contributed by atoms with van der Waals surface area (Å²) in [5.41, 5.74) is 2.11. The Bertz CT molecular complexity index is 502. The van der Waals surface area contributed by atoms with Crippen molar-refractivity contribution in [2.45, 2.75) is 33.3 Å². The Morgan fingerprint density at radius 1 is 1.48 bits per heavy atom. The molecule has 1 aromatic carbocycles. The Labute approximate surface area is 126 Å². The number of rotatable bonds is 6. The van der Waals surface area contributed by atoms with Crippen molar-refractivity contribution in [1.82, 2.24) is 0 Å². The molecule has 5 heteroatoms. The lowest BCUT2D eigenvalue weighted by Crippen LogP contribution is -2.21. The third-order valence-electron chi connectivity index (χ3n) is 4.01. The van der Waals surface area contributed by atoms with E-state index in [0.717, 1.165) is 30.3 Å². The molecule has 1 heterocycles. The van der Waals surface area contributed by atoms with E-state index in [2.05, 4.69) is 18.7 Å². The van der Waals surface area contributed by atoms with Gasteiger partial charge < -0.3 is 9.64 Å². The minimum absolute atomic E-state index is 0.128. The zero-order valence-electron chi connectivity index (χ0n) is 13.0. The van der Waals surface area contributed by atoms with Crippen LogP contribution >= 0.6 is 0 Å². The Morgan fingerprint density at radius 2 is 2.24 bits per heavy atom. The second-order valence-corrected chi connectivity index (χ2v) is 6.23. The Hall–Kier alpha value is -1.62. The van der Waals surface area contributed by atoms with E-state index in [4.69, 9.17) is 4.74 Å². The van der Waals surface area contributed by atoms with Crippen LogP contribution in [0.2, 0.25) is 0 Å². The predicted octanol–water partition coefficient (Wildman–Crippen LogP) is 3.61. The lowest BCUT2D eigenvalue weighted by Gasteiger charge is -2.22. The Morgan fingerprint density at radius 3 is 2.86 bits per heavy atom. The molecule has 0 aromatic heterocycles. The van der Waals surface area contributed by atoms with Gasteiger partial charge in [-0.1, -0.05) is 13.8 Å². The normalized spacial score (nSPS) is 18.5. The SMILES string of the molecule is COCc1cc([N+](=O)[O-])ccc1N1CCC(CC(C)C)C1. The molecule has 0 bridgehead atoms. The van der Waals surface area contributed by atoms with Gasteiger partial charge in [0.05, 0.1) is 11.5 Å². The van der Waals surface area contributed by atoms with Crippen LogP contribution in [0.1, 0.15) is 32.3 Å². The zero-order valence-corrected chi connectivity index (χ0v) is 13.0. The summed E-state index contributed by atoms with van der Waals surface area (Å²) in [4.78, 5) is 12.9. The van der Waals surface area contributed by atoms with Crippen molar-refractivity contribution in [3.63, 3.8) is 0 Å². The fraction of sp³-hybridized carbons (Fsp3) is 0.625. The van der Waals surface area contributed by atoms with E-state index in [9.17, 15) is 10.1 Å². The minimum Gasteiger partial charge on any atom is -0.380 e. The molecule has 1 aliphatic rings. The summed E-state index contributed by atoms with van der Waals surface area (Å²) >= 11 is 0. The van der Waals surface area contributed by atoms with Crippen molar-refractivity contribution in [3.05, 3.63) is 33.9 Å². The van der Waals surface area contributed by atoms with Gasteiger partial charge in [-0.05, 0) is 30.7 Å². The van der Waals surface area contributed by atoms with Crippen molar-refractivity contribution in [2.24, 2.45) is 11.8 Å². The van der Waals surface area contributed by atoms with Gasteiger partial charge in [-0.15, -0.1) is 0 Å². The average molecular weight is 292 g/mol. The lowest BCUT2D eigenvalue weighted by atomic mass is 9.97. The third-order valence-corrected chi connectivity index (χ3v) is 4.01. The van der Waals surface area contributed by atoms with Gasteiger partial charge in [0.25, 0.3) is 5.69 Å². The maximum Gasteiger partial charge on any atom is 0.269 e. The van der Waals surface area contributed by atoms with Crippen LogP contribution in [0.5, 0.6) is 0 Å². The van der Waals surface area contributed by atoms with Crippen LogP contribution in [0, 0.1) is 22.0 Å². The molecule has 0 aliphatic carbocycles. The number of ether oxygens (including phenoxy) is 1. The number of hydrogen-bond donors (Lipinski definition) is 0. The summed E-state index contributed by atoms with van der Waals surface area (Å²) in [6.45, 7) is 6.97. The first-order valence-electron chi connectivity index (χ1n) is 7.52. The van der Waals surface area contributed by atoms with Crippen LogP contribution in [0.4, 0.5) is 11.4 Å². The van der Waals surface area contributed by atoms with Gasteiger partial charge in [0.1, 0.15) is 0 Å². The Kier molecular flexibility index (Phi) is 5.17. The van der Waals surface area contributed by atoms with E-state index in [0.29, 0.717) is 12.5 Å². The van der Waals surface area contributed by atoms with Gasteiger partial charge in [-0.3, -0.25) is 10.1 Å². The van der Waals surface area contributed by atoms with Crippen molar-refractivity contribution in [2.75, 3.05) is 25.1 Å². The number of benzene rings is 1. The first kappa shape index (κ1) is 15.8. The highest BCUT2D eigenvalue weighted by Gasteiger charge is 2.25. The minimum atomic E-state index is -0.353. The molecule has 1 saturated heterocycles. The van der Waals surface area contributed by atoms with E-state index in [1.165, 1.54) is 12.8 Å². The topological polar surface area (TPSA) is 55.6 Å². The van der Waals surface area contributed by atoms with Gasteiger partial charge in [0.2, 0.25) is 0 Å². The van der Waals surface area contributed by atoms with E-state index in [-0.39, 0.29) is 10.6 Å². The smallest absolute Gasteiger partial charge is 0.269 e. The molecular formula is C16H24N2O3. The lowest BCUT2D eigenvalue weighted by molar-refractivity contribution is -0.384. The summed E-state index contributed by atoms with van der Waals surface area (Å²) in [6, 6.07) is 5.09. The molecule has 1 aromatic rings. The molecule has 0 saturated carbocycles. The number of nitro benzene ring substituents is 1. The predicted molar refractivity (Wildman–Crippen MR) is 83.6 cm³/mol. The summed E-state index contributed by atoms with van der Waals surface area (Å²) in [7, 11) is 1.62. The largest absolute Gasteiger partial charge is 0.380 e. The molecule has 0 amide bonds. The second-order valence-electron chi connectivity index (χ2n) is 6.23. The highest BCUT2D eigenvalue weighted by atomic mass is 16.6. The maximum atomic E-state index is 10.9. The number of anilines is 1. The Balaban J connectivity index is 2.17. The van der Waals surface area contributed by atoms with Crippen LogP contribution in [0.3, 0.4) is 0 Å².